The Morgan fingerprint density at radius 1 is 1.26 bits per heavy atom. The minimum Gasteiger partial charge on any atom is -0.497 e. The first-order chi connectivity index (χ1) is 14.7. The summed E-state index contributed by atoms with van der Waals surface area (Å²) in [6.45, 7) is 1.79. The van der Waals surface area contributed by atoms with Crippen molar-refractivity contribution >= 4 is 38.1 Å². The molecule has 1 aliphatic heterocycles. The molecule has 1 atom stereocenters. The molecule has 2 aromatic carbocycles. The quantitative estimate of drug-likeness (QED) is 0.541. The van der Waals surface area contributed by atoms with Gasteiger partial charge >= 0.3 is 0 Å². The van der Waals surface area contributed by atoms with Crippen LogP contribution in [0.25, 0.3) is 11.3 Å². The van der Waals surface area contributed by atoms with E-state index < -0.39 is 15.6 Å². The molecule has 1 unspecified atom stereocenters. The van der Waals surface area contributed by atoms with Crippen LogP contribution in [0.2, 0.25) is 0 Å². The molecular weight excluding hydrogens is 434 g/mol. The Kier molecular flexibility index (Phi) is 5.36. The Balaban J connectivity index is 1.56. The fraction of sp³-hybridized carbons (Fsp3) is 0.238. The van der Waals surface area contributed by atoms with E-state index in [1.165, 1.54) is 18.4 Å². The van der Waals surface area contributed by atoms with Crippen LogP contribution in [-0.4, -0.2) is 43.6 Å². The molecule has 1 aromatic heterocycles. The number of guanidine groups is 1. The van der Waals surface area contributed by atoms with Crippen LogP contribution in [0, 0.1) is 5.41 Å². The highest BCUT2D eigenvalue weighted by Gasteiger charge is 2.41. The maximum absolute atomic E-state index is 12.4. The Morgan fingerprint density at radius 3 is 2.68 bits per heavy atom. The van der Waals surface area contributed by atoms with Gasteiger partial charge in [0.2, 0.25) is 16.0 Å². The van der Waals surface area contributed by atoms with Crippen LogP contribution < -0.4 is 15.4 Å². The molecule has 1 fully saturated rings. The summed E-state index contributed by atoms with van der Waals surface area (Å²) < 4.78 is 31.1. The summed E-state index contributed by atoms with van der Waals surface area (Å²) >= 11 is 1.48. The number of aromatic nitrogens is 1. The zero-order valence-corrected chi connectivity index (χ0v) is 19.0. The van der Waals surface area contributed by atoms with Gasteiger partial charge in [0.25, 0.3) is 0 Å². The minimum absolute atomic E-state index is 0.138. The van der Waals surface area contributed by atoms with Gasteiger partial charge in [-0.05, 0) is 48.9 Å². The molecule has 3 N–H and O–H groups in total. The molecule has 2 heterocycles. The lowest BCUT2D eigenvalue weighted by Gasteiger charge is -2.40. The van der Waals surface area contributed by atoms with Crippen molar-refractivity contribution in [3.8, 4) is 17.0 Å². The second-order valence-electron chi connectivity index (χ2n) is 7.50. The van der Waals surface area contributed by atoms with Crippen molar-refractivity contribution in [1.82, 2.24) is 14.6 Å². The molecule has 1 aliphatic rings. The van der Waals surface area contributed by atoms with Crippen molar-refractivity contribution in [2.45, 2.75) is 12.5 Å². The van der Waals surface area contributed by atoms with E-state index in [-0.39, 0.29) is 11.7 Å². The number of hydrogen-bond acceptors (Lipinski definition) is 7. The molecule has 31 heavy (non-hydrogen) atoms. The van der Waals surface area contributed by atoms with Gasteiger partial charge in [-0.1, -0.05) is 12.1 Å². The number of hydrogen-bond donors (Lipinski definition) is 3. The number of sulfonamides is 1. The molecule has 3 aromatic rings. The van der Waals surface area contributed by atoms with E-state index in [0.717, 1.165) is 37.7 Å². The van der Waals surface area contributed by atoms with Crippen molar-refractivity contribution < 1.29 is 13.2 Å². The van der Waals surface area contributed by atoms with Crippen LogP contribution in [-0.2, 0) is 15.6 Å². The van der Waals surface area contributed by atoms with Gasteiger partial charge in [0.05, 0.1) is 24.1 Å². The summed E-state index contributed by atoms with van der Waals surface area (Å²) in [5, 5.41) is 17.0. The number of thiazole rings is 1. The Bertz CT molecular complexity index is 1220. The lowest BCUT2D eigenvalue weighted by Crippen LogP contribution is -2.60. The summed E-state index contributed by atoms with van der Waals surface area (Å²) in [4.78, 5) is 4.65. The molecule has 162 valence electrons. The fourth-order valence-electron chi connectivity index (χ4n) is 3.42. The monoisotopic (exact) mass is 457 g/mol. The van der Waals surface area contributed by atoms with Crippen LogP contribution >= 0.6 is 11.3 Å². The minimum atomic E-state index is -3.56. The zero-order valence-electron chi connectivity index (χ0n) is 17.3. The van der Waals surface area contributed by atoms with E-state index in [1.54, 1.807) is 14.0 Å². The van der Waals surface area contributed by atoms with E-state index in [0.29, 0.717) is 0 Å². The van der Waals surface area contributed by atoms with Gasteiger partial charge in [-0.15, -0.1) is 11.3 Å². The van der Waals surface area contributed by atoms with Gasteiger partial charge < -0.3 is 15.4 Å². The van der Waals surface area contributed by atoms with Crippen molar-refractivity contribution in [2.24, 2.45) is 0 Å². The summed E-state index contributed by atoms with van der Waals surface area (Å²) in [6, 6.07) is 15.2. The van der Waals surface area contributed by atoms with E-state index >= 15 is 0 Å². The maximum atomic E-state index is 12.4. The first-order valence-corrected chi connectivity index (χ1v) is 12.0. The largest absolute Gasteiger partial charge is 0.497 e. The van der Waals surface area contributed by atoms with Gasteiger partial charge in [0, 0.05) is 23.7 Å². The molecule has 0 saturated carbocycles. The van der Waals surface area contributed by atoms with Gasteiger partial charge in [-0.3, -0.25) is 5.41 Å². The van der Waals surface area contributed by atoms with Crippen molar-refractivity contribution in [3.63, 3.8) is 0 Å². The third-order valence-electron chi connectivity index (χ3n) is 5.24. The highest BCUT2D eigenvalue weighted by atomic mass is 32.2. The molecule has 0 bridgehead atoms. The van der Waals surface area contributed by atoms with Gasteiger partial charge in [-0.2, -0.15) is 0 Å². The molecule has 1 saturated heterocycles. The maximum Gasteiger partial charge on any atom is 0.239 e. The van der Waals surface area contributed by atoms with Crippen LogP contribution in [0.5, 0.6) is 5.75 Å². The number of rotatable bonds is 5. The van der Waals surface area contributed by atoms with E-state index in [4.69, 9.17) is 10.1 Å². The average molecular weight is 458 g/mol. The molecule has 4 rings (SSSR count). The highest BCUT2D eigenvalue weighted by Crippen LogP contribution is 2.32. The van der Waals surface area contributed by atoms with Gasteiger partial charge in [0.1, 0.15) is 5.75 Å². The smallest absolute Gasteiger partial charge is 0.239 e. The zero-order chi connectivity index (χ0) is 22.2. The second-order valence-corrected chi connectivity index (χ2v) is 10.4. The highest BCUT2D eigenvalue weighted by molar-refractivity contribution is 7.89. The standard InChI is InChI=1S/C21H23N5O3S2/c1-21(13-31(27,28)26(2)19(22)25-21)15-5-4-6-16(11-15)23-20-24-18(12-30-20)14-7-9-17(29-3)10-8-14/h4-12H,13H2,1-3H3,(H2,22,25)(H,23,24). The topological polar surface area (TPSA) is 107 Å². The second kappa shape index (κ2) is 7.86. The fourth-order valence-corrected chi connectivity index (χ4v) is 5.65. The van der Waals surface area contributed by atoms with Gasteiger partial charge in [0.15, 0.2) is 5.13 Å². The number of nitrogens with one attached hydrogen (secondary N) is 3. The number of anilines is 2. The predicted octanol–water partition coefficient (Wildman–Crippen LogP) is 3.58. The Morgan fingerprint density at radius 2 is 2.00 bits per heavy atom. The Hall–Kier alpha value is -3.11. The summed E-state index contributed by atoms with van der Waals surface area (Å²) in [5.41, 5.74) is 2.50. The Labute approximate surface area is 185 Å². The normalized spacial score (nSPS) is 20.2. The number of benzene rings is 2. The van der Waals surface area contributed by atoms with E-state index in [9.17, 15) is 8.42 Å². The van der Waals surface area contributed by atoms with Crippen molar-refractivity contribution in [1.29, 1.82) is 5.41 Å². The molecule has 0 radical (unpaired) electrons. The van der Waals surface area contributed by atoms with Crippen LogP contribution in [0.3, 0.4) is 0 Å². The summed E-state index contributed by atoms with van der Waals surface area (Å²) in [5.74, 6) is 0.512. The molecular formula is C21H23N5O3S2. The molecule has 8 nitrogen and oxygen atoms in total. The third-order valence-corrected chi connectivity index (χ3v) is 7.96. The molecule has 0 spiro atoms. The first-order valence-electron chi connectivity index (χ1n) is 9.51. The van der Waals surface area contributed by atoms with Crippen molar-refractivity contribution in [2.75, 3.05) is 25.2 Å². The van der Waals surface area contributed by atoms with Crippen molar-refractivity contribution in [3.05, 3.63) is 59.5 Å². The van der Waals surface area contributed by atoms with Crippen LogP contribution in [0.15, 0.2) is 53.9 Å². The SMILES string of the molecule is COc1ccc(-c2csc(Nc3cccc(C4(C)CS(=O)(=O)N(C)C(=N)N4)c3)n2)cc1. The summed E-state index contributed by atoms with van der Waals surface area (Å²) in [6.07, 6.45) is 0. The lowest BCUT2D eigenvalue weighted by atomic mass is 9.93. The average Bonchev–Trinajstić information content (AvgIpc) is 3.20. The van der Waals surface area contributed by atoms with Gasteiger partial charge in [-0.25, -0.2) is 17.7 Å². The number of nitrogens with zero attached hydrogens (tertiary/aromatic N) is 2. The lowest BCUT2D eigenvalue weighted by molar-refractivity contribution is 0.415. The summed E-state index contributed by atoms with van der Waals surface area (Å²) in [7, 11) is -0.551. The number of ether oxygens (including phenoxy) is 1. The van der Waals surface area contributed by atoms with Crippen LogP contribution in [0.1, 0.15) is 12.5 Å². The molecule has 10 heteroatoms. The first kappa shape index (κ1) is 21.1. The van der Waals surface area contributed by atoms with E-state index in [2.05, 4.69) is 15.6 Å². The molecule has 0 amide bonds. The van der Waals surface area contributed by atoms with E-state index in [1.807, 2.05) is 53.9 Å². The molecule has 0 aliphatic carbocycles. The van der Waals surface area contributed by atoms with Crippen LogP contribution in [0.4, 0.5) is 10.8 Å². The predicted molar refractivity (Wildman–Crippen MR) is 124 cm³/mol. The third kappa shape index (κ3) is 4.21. The number of methoxy groups -OCH3 is 1.